The number of halogens is 1. The Hall–Kier alpha value is 0.330. The summed E-state index contributed by atoms with van der Waals surface area (Å²) in [5, 5.41) is 0.419. The van der Waals surface area contributed by atoms with E-state index in [9.17, 15) is 18.8 Å². The summed E-state index contributed by atoms with van der Waals surface area (Å²) in [4.78, 5) is 21.0. The smallest absolute Gasteiger partial charge is 0.306 e. The van der Waals surface area contributed by atoms with Crippen molar-refractivity contribution in [2.45, 2.75) is 20.3 Å². The Kier molecular flexibility index (Phi) is 10.3. The average Bonchev–Trinajstić information content (AvgIpc) is 2.35. The van der Waals surface area contributed by atoms with Crippen molar-refractivity contribution in [1.29, 1.82) is 0 Å². The fourth-order valence-corrected chi connectivity index (χ4v) is 7.62. The second-order valence-corrected chi connectivity index (χ2v) is 10.4. The van der Waals surface area contributed by atoms with Gasteiger partial charge >= 0.3 is 5.97 Å². The minimum atomic E-state index is -3.29. The van der Waals surface area contributed by atoms with Crippen LogP contribution in [0.2, 0.25) is 0 Å². The van der Waals surface area contributed by atoms with E-state index in [1.54, 1.807) is 13.8 Å². The predicted molar refractivity (Wildman–Crippen MR) is 83.6 cm³/mol. The molecule has 0 aromatic carbocycles. The third kappa shape index (κ3) is 9.30. The highest BCUT2D eigenvalue weighted by Crippen LogP contribution is 2.52. The van der Waals surface area contributed by atoms with Crippen LogP contribution in [-0.2, 0) is 23.2 Å². The fourth-order valence-electron chi connectivity index (χ4n) is 1.52. The molecule has 0 aromatic heterocycles. The lowest BCUT2D eigenvalue weighted by Gasteiger charge is -2.19. The number of alkyl halides is 1. The van der Waals surface area contributed by atoms with Crippen LogP contribution in [0.5, 0.6) is 0 Å². The first kappa shape index (κ1) is 20.3. The molecule has 0 aliphatic rings. The Bertz CT molecular complexity index is 387. The van der Waals surface area contributed by atoms with E-state index in [1.165, 1.54) is 0 Å². The van der Waals surface area contributed by atoms with E-state index in [-0.39, 0.29) is 44.3 Å². The van der Waals surface area contributed by atoms with Crippen LogP contribution >= 0.6 is 30.7 Å². The molecule has 0 saturated heterocycles. The van der Waals surface area contributed by atoms with Gasteiger partial charge in [-0.25, -0.2) is 0 Å². The van der Waals surface area contributed by atoms with Gasteiger partial charge in [-0.3, -0.25) is 13.9 Å². The zero-order valence-electron chi connectivity index (χ0n) is 11.9. The van der Waals surface area contributed by atoms with Gasteiger partial charge in [0.25, 0.3) is 0 Å². The molecule has 0 aliphatic heterocycles. The highest BCUT2D eigenvalue weighted by Gasteiger charge is 2.28. The lowest BCUT2D eigenvalue weighted by atomic mass is 10.5. The molecule has 0 bridgehead atoms. The molecule has 0 aliphatic carbocycles. The highest BCUT2D eigenvalue weighted by molar-refractivity contribution is 9.09. The normalized spacial score (nSPS) is 17.2. The van der Waals surface area contributed by atoms with E-state index < -0.39 is 20.7 Å². The van der Waals surface area contributed by atoms with Gasteiger partial charge in [-0.05, 0) is 13.8 Å². The number of carbonyl (C=O) groups excluding carboxylic acids is 1. The maximum atomic E-state index is 12.5. The number of hydrogen-bond acceptors (Lipinski definition) is 5. The predicted octanol–water partition coefficient (Wildman–Crippen LogP) is 2.92. The Morgan fingerprint density at radius 3 is 2.25 bits per heavy atom. The van der Waals surface area contributed by atoms with E-state index >= 15 is 0 Å². The van der Waals surface area contributed by atoms with E-state index in [1.807, 2.05) is 0 Å². The van der Waals surface area contributed by atoms with Crippen LogP contribution in [0.15, 0.2) is 0 Å². The minimum Gasteiger partial charge on any atom is -0.466 e. The zero-order chi connectivity index (χ0) is 15.6. The van der Waals surface area contributed by atoms with Crippen molar-refractivity contribution < 1.29 is 28.1 Å². The summed E-state index contributed by atoms with van der Waals surface area (Å²) in [5.74, 6) is -0.430. The van der Waals surface area contributed by atoms with Crippen LogP contribution in [0, 0.1) is 0 Å². The molecule has 0 amide bonds. The Morgan fingerprint density at radius 1 is 1.10 bits per heavy atom. The summed E-state index contributed by atoms with van der Waals surface area (Å²) < 4.78 is 34.3. The molecule has 2 unspecified atom stereocenters. The van der Waals surface area contributed by atoms with Crippen molar-refractivity contribution in [3.05, 3.63) is 0 Å². The fraction of sp³-hybridized carbons (Fsp3) is 0.909. The van der Waals surface area contributed by atoms with Crippen molar-refractivity contribution in [1.82, 2.24) is 0 Å². The summed E-state index contributed by atoms with van der Waals surface area (Å²) in [6, 6.07) is 0. The molecular formula is C11H23BrO6P2. The van der Waals surface area contributed by atoms with Crippen molar-refractivity contribution in [2.24, 2.45) is 0 Å². The highest BCUT2D eigenvalue weighted by atomic mass is 79.9. The molecule has 120 valence electrons. The molecular weight excluding hydrogens is 370 g/mol. The van der Waals surface area contributed by atoms with Crippen LogP contribution in [0.1, 0.15) is 20.3 Å². The molecule has 1 N–H and O–H groups in total. The van der Waals surface area contributed by atoms with Gasteiger partial charge in [0.05, 0.1) is 19.6 Å². The first-order valence-electron chi connectivity index (χ1n) is 6.53. The summed E-state index contributed by atoms with van der Waals surface area (Å²) >= 11 is 3.11. The van der Waals surface area contributed by atoms with Crippen molar-refractivity contribution in [3.63, 3.8) is 0 Å². The monoisotopic (exact) mass is 392 g/mol. The maximum absolute atomic E-state index is 12.5. The lowest BCUT2D eigenvalue weighted by molar-refractivity contribution is -0.142. The molecule has 0 aromatic rings. The van der Waals surface area contributed by atoms with Crippen LogP contribution in [0.4, 0.5) is 0 Å². The molecule has 0 heterocycles. The second-order valence-electron chi connectivity index (χ2n) is 4.22. The molecule has 2 atom stereocenters. The van der Waals surface area contributed by atoms with Gasteiger partial charge in [-0.2, -0.15) is 0 Å². The van der Waals surface area contributed by atoms with Gasteiger partial charge in [0, 0.05) is 30.0 Å². The molecule has 0 fully saturated rings. The Balaban J connectivity index is 4.48. The van der Waals surface area contributed by atoms with Gasteiger partial charge in [0.2, 0.25) is 14.7 Å². The number of carbonyl (C=O) groups is 1. The quantitative estimate of drug-likeness (QED) is 0.330. The molecule has 0 spiro atoms. The summed E-state index contributed by atoms with van der Waals surface area (Å²) in [6.45, 7) is 3.92. The molecule has 6 nitrogen and oxygen atoms in total. The van der Waals surface area contributed by atoms with Gasteiger partial charge in [0.1, 0.15) is 0 Å². The minimum absolute atomic E-state index is 0.000702. The Morgan fingerprint density at radius 2 is 1.75 bits per heavy atom. The van der Waals surface area contributed by atoms with Crippen molar-refractivity contribution in [3.8, 4) is 0 Å². The van der Waals surface area contributed by atoms with Gasteiger partial charge in [0.15, 0.2) is 0 Å². The molecule has 9 heteroatoms. The van der Waals surface area contributed by atoms with E-state index in [2.05, 4.69) is 15.9 Å². The largest absolute Gasteiger partial charge is 0.466 e. The Labute approximate surface area is 128 Å². The SMILES string of the molecule is CCOC(=O)CCP(=O)(CCP(=O)(O)CCBr)OCC. The standard InChI is InChI=1S/C11H23BrO6P2/c1-3-17-11(13)5-7-20(16,18-4-2)10-9-19(14,15)8-6-12/h3-10H2,1-2H3,(H,14,15). The van der Waals surface area contributed by atoms with Gasteiger partial charge in [-0.15, -0.1) is 0 Å². The maximum Gasteiger partial charge on any atom is 0.306 e. The third-order valence-electron chi connectivity index (χ3n) is 2.55. The van der Waals surface area contributed by atoms with Gasteiger partial charge in [-0.1, -0.05) is 15.9 Å². The van der Waals surface area contributed by atoms with Crippen LogP contribution in [-0.4, -0.2) is 54.1 Å². The van der Waals surface area contributed by atoms with Crippen molar-refractivity contribution >= 4 is 36.6 Å². The average molecular weight is 393 g/mol. The number of hydrogen-bond donors (Lipinski definition) is 1. The van der Waals surface area contributed by atoms with E-state index in [0.717, 1.165) is 0 Å². The molecule has 20 heavy (non-hydrogen) atoms. The summed E-state index contributed by atoms with van der Waals surface area (Å²) in [5.41, 5.74) is 0. The number of rotatable bonds is 11. The van der Waals surface area contributed by atoms with Crippen LogP contribution in [0.3, 0.4) is 0 Å². The first-order valence-corrected chi connectivity index (χ1v) is 11.7. The van der Waals surface area contributed by atoms with Crippen LogP contribution < -0.4 is 0 Å². The van der Waals surface area contributed by atoms with Gasteiger partial charge < -0.3 is 14.2 Å². The second kappa shape index (κ2) is 10.1. The van der Waals surface area contributed by atoms with Crippen LogP contribution in [0.25, 0.3) is 0 Å². The van der Waals surface area contributed by atoms with E-state index in [4.69, 9.17) is 9.26 Å². The molecule has 0 radical (unpaired) electrons. The summed E-state index contributed by atoms with van der Waals surface area (Å²) in [7, 11) is -6.35. The summed E-state index contributed by atoms with van der Waals surface area (Å²) in [6.07, 6.45) is 0.143. The van der Waals surface area contributed by atoms with E-state index in [0.29, 0.717) is 5.33 Å². The molecule has 0 saturated carbocycles. The zero-order valence-corrected chi connectivity index (χ0v) is 15.3. The number of ether oxygens (including phenoxy) is 1. The topological polar surface area (TPSA) is 89.9 Å². The molecule has 0 rings (SSSR count). The first-order chi connectivity index (χ1) is 9.28. The lowest BCUT2D eigenvalue weighted by Crippen LogP contribution is -2.11. The van der Waals surface area contributed by atoms with Crippen molar-refractivity contribution in [2.75, 3.05) is 43.2 Å². The number of esters is 1. The third-order valence-corrected chi connectivity index (χ3v) is 8.30.